The van der Waals surface area contributed by atoms with E-state index in [0.717, 1.165) is 23.2 Å². The van der Waals surface area contributed by atoms with Crippen LogP contribution in [0.5, 0.6) is 5.75 Å². The molecule has 1 N–H and O–H groups in total. The minimum atomic E-state index is 0.185. The minimum absolute atomic E-state index is 0.185. The van der Waals surface area contributed by atoms with Crippen molar-refractivity contribution >= 4 is 15.9 Å². The first-order valence-corrected chi connectivity index (χ1v) is 6.58. The highest BCUT2D eigenvalue weighted by molar-refractivity contribution is 9.10. The van der Waals surface area contributed by atoms with Crippen LogP contribution in [0.15, 0.2) is 22.7 Å². The topological polar surface area (TPSA) is 30.5 Å². The van der Waals surface area contributed by atoms with E-state index >= 15 is 0 Å². The Hall–Kier alpha value is -0.580. The summed E-state index contributed by atoms with van der Waals surface area (Å²) in [5.41, 5.74) is 1.17. The van der Waals surface area contributed by atoms with Gasteiger partial charge < -0.3 is 14.8 Å². The molecule has 1 rings (SSSR count). The molecule has 4 heteroatoms. The van der Waals surface area contributed by atoms with Crippen LogP contribution in [0.4, 0.5) is 0 Å². The lowest BCUT2D eigenvalue weighted by atomic mass is 10.1. The van der Waals surface area contributed by atoms with Gasteiger partial charge in [0.05, 0.1) is 19.8 Å². The lowest BCUT2D eigenvalue weighted by molar-refractivity contribution is 0.166. The summed E-state index contributed by atoms with van der Waals surface area (Å²) in [6.45, 7) is 3.76. The lowest BCUT2D eigenvalue weighted by Crippen LogP contribution is -2.26. The van der Waals surface area contributed by atoms with E-state index in [9.17, 15) is 0 Å². The molecule has 1 atom stereocenters. The summed E-state index contributed by atoms with van der Waals surface area (Å²) in [5, 5.41) is 3.47. The largest absolute Gasteiger partial charge is 0.497 e. The molecular formula is C13H20BrNO2. The molecule has 1 aromatic rings. The standard InChI is InChI=1S/C13H20BrNO2/c1-4-7-15-13(9-16-2)11-8-10(17-3)5-6-12(11)14/h5-6,8,13,15H,4,7,9H2,1-3H3. The van der Waals surface area contributed by atoms with E-state index in [1.165, 1.54) is 5.56 Å². The molecule has 17 heavy (non-hydrogen) atoms. The smallest absolute Gasteiger partial charge is 0.119 e. The molecule has 0 saturated carbocycles. The fourth-order valence-corrected chi connectivity index (χ4v) is 2.18. The Labute approximate surface area is 112 Å². The molecule has 0 aromatic heterocycles. The Morgan fingerprint density at radius 3 is 2.71 bits per heavy atom. The van der Waals surface area contributed by atoms with E-state index < -0.39 is 0 Å². The fourth-order valence-electron chi connectivity index (χ4n) is 1.66. The van der Waals surface area contributed by atoms with Crippen LogP contribution >= 0.6 is 15.9 Å². The van der Waals surface area contributed by atoms with Crippen molar-refractivity contribution in [3.63, 3.8) is 0 Å². The summed E-state index contributed by atoms with van der Waals surface area (Å²) in [6, 6.07) is 6.17. The molecule has 0 aliphatic heterocycles. The zero-order chi connectivity index (χ0) is 12.7. The quantitative estimate of drug-likeness (QED) is 0.839. The number of ether oxygens (including phenoxy) is 2. The Kier molecular flexibility index (Phi) is 6.55. The van der Waals surface area contributed by atoms with E-state index in [1.807, 2.05) is 18.2 Å². The van der Waals surface area contributed by atoms with Crippen LogP contribution in [0.2, 0.25) is 0 Å². The van der Waals surface area contributed by atoms with Gasteiger partial charge in [-0.3, -0.25) is 0 Å². The maximum atomic E-state index is 5.26. The highest BCUT2D eigenvalue weighted by atomic mass is 79.9. The van der Waals surface area contributed by atoms with Crippen LogP contribution in [0.3, 0.4) is 0 Å². The summed E-state index contributed by atoms with van der Waals surface area (Å²) in [7, 11) is 3.40. The second-order valence-corrected chi connectivity index (χ2v) is 4.70. The third-order valence-corrected chi connectivity index (χ3v) is 3.27. The first-order chi connectivity index (χ1) is 8.22. The van der Waals surface area contributed by atoms with E-state index in [2.05, 4.69) is 28.2 Å². The van der Waals surface area contributed by atoms with Crippen molar-refractivity contribution in [2.24, 2.45) is 0 Å². The number of hydrogen-bond acceptors (Lipinski definition) is 3. The zero-order valence-corrected chi connectivity index (χ0v) is 12.2. The first-order valence-electron chi connectivity index (χ1n) is 5.78. The van der Waals surface area contributed by atoms with Crippen molar-refractivity contribution < 1.29 is 9.47 Å². The van der Waals surface area contributed by atoms with Crippen LogP contribution in [0, 0.1) is 0 Å². The minimum Gasteiger partial charge on any atom is -0.497 e. The second-order valence-electron chi connectivity index (χ2n) is 3.85. The van der Waals surface area contributed by atoms with Gasteiger partial charge in [-0.05, 0) is 36.7 Å². The second kappa shape index (κ2) is 7.69. The molecule has 0 spiro atoms. The van der Waals surface area contributed by atoms with Gasteiger partial charge in [0.15, 0.2) is 0 Å². The van der Waals surface area contributed by atoms with E-state index in [4.69, 9.17) is 9.47 Å². The molecule has 0 fully saturated rings. The van der Waals surface area contributed by atoms with Gasteiger partial charge in [-0.25, -0.2) is 0 Å². The molecule has 0 heterocycles. The van der Waals surface area contributed by atoms with Crippen molar-refractivity contribution in [2.45, 2.75) is 19.4 Å². The third kappa shape index (κ3) is 4.30. The van der Waals surface area contributed by atoms with Crippen LogP contribution in [-0.2, 0) is 4.74 Å². The molecule has 0 aliphatic carbocycles. The summed E-state index contributed by atoms with van der Waals surface area (Å²) in [5.74, 6) is 0.864. The number of methoxy groups -OCH3 is 2. The van der Waals surface area contributed by atoms with Crippen molar-refractivity contribution in [2.75, 3.05) is 27.4 Å². The lowest BCUT2D eigenvalue weighted by Gasteiger charge is -2.20. The van der Waals surface area contributed by atoms with E-state index in [-0.39, 0.29) is 6.04 Å². The summed E-state index contributed by atoms with van der Waals surface area (Å²) < 4.78 is 11.6. The van der Waals surface area contributed by atoms with E-state index in [0.29, 0.717) is 6.61 Å². The summed E-state index contributed by atoms with van der Waals surface area (Å²) in [4.78, 5) is 0. The van der Waals surface area contributed by atoms with Crippen molar-refractivity contribution in [1.82, 2.24) is 5.32 Å². The average Bonchev–Trinajstić information content (AvgIpc) is 2.35. The predicted octanol–water partition coefficient (Wildman–Crippen LogP) is 3.14. The van der Waals surface area contributed by atoms with Gasteiger partial charge >= 0.3 is 0 Å². The monoisotopic (exact) mass is 301 g/mol. The molecule has 0 amide bonds. The fraction of sp³-hybridized carbons (Fsp3) is 0.538. The normalized spacial score (nSPS) is 12.5. The molecule has 3 nitrogen and oxygen atoms in total. The molecule has 0 radical (unpaired) electrons. The molecular weight excluding hydrogens is 282 g/mol. The molecule has 0 bridgehead atoms. The summed E-state index contributed by atoms with van der Waals surface area (Å²) in [6.07, 6.45) is 1.10. The van der Waals surface area contributed by atoms with Crippen LogP contribution < -0.4 is 10.1 Å². The Morgan fingerprint density at radius 1 is 1.35 bits per heavy atom. The van der Waals surface area contributed by atoms with Crippen molar-refractivity contribution in [1.29, 1.82) is 0 Å². The van der Waals surface area contributed by atoms with Crippen LogP contribution in [0.1, 0.15) is 24.9 Å². The maximum Gasteiger partial charge on any atom is 0.119 e. The number of halogens is 1. The maximum absolute atomic E-state index is 5.26. The summed E-state index contributed by atoms with van der Waals surface area (Å²) >= 11 is 3.57. The predicted molar refractivity (Wildman–Crippen MR) is 73.6 cm³/mol. The Morgan fingerprint density at radius 2 is 2.12 bits per heavy atom. The van der Waals surface area contributed by atoms with Gasteiger partial charge in [0, 0.05) is 11.6 Å². The molecule has 0 saturated heterocycles. The SMILES string of the molecule is CCCNC(COC)c1cc(OC)ccc1Br. The van der Waals surface area contributed by atoms with Gasteiger partial charge in [-0.1, -0.05) is 22.9 Å². The zero-order valence-electron chi connectivity index (χ0n) is 10.6. The van der Waals surface area contributed by atoms with Crippen molar-refractivity contribution in [3.05, 3.63) is 28.2 Å². The van der Waals surface area contributed by atoms with Gasteiger partial charge in [0.2, 0.25) is 0 Å². The van der Waals surface area contributed by atoms with Gasteiger partial charge in [-0.2, -0.15) is 0 Å². The average molecular weight is 302 g/mol. The number of nitrogens with one attached hydrogen (secondary N) is 1. The molecule has 1 unspecified atom stereocenters. The van der Waals surface area contributed by atoms with Crippen LogP contribution in [-0.4, -0.2) is 27.4 Å². The number of hydrogen-bond donors (Lipinski definition) is 1. The highest BCUT2D eigenvalue weighted by Gasteiger charge is 2.14. The van der Waals surface area contributed by atoms with Gasteiger partial charge in [0.1, 0.15) is 5.75 Å². The molecule has 0 aliphatic rings. The Bertz CT molecular complexity index is 344. The third-order valence-electron chi connectivity index (χ3n) is 2.55. The Balaban J connectivity index is 2.90. The molecule has 96 valence electrons. The van der Waals surface area contributed by atoms with Gasteiger partial charge in [-0.15, -0.1) is 0 Å². The van der Waals surface area contributed by atoms with E-state index in [1.54, 1.807) is 14.2 Å². The molecule has 1 aromatic carbocycles. The van der Waals surface area contributed by atoms with Crippen LogP contribution in [0.25, 0.3) is 0 Å². The number of benzene rings is 1. The number of rotatable bonds is 7. The van der Waals surface area contributed by atoms with Crippen molar-refractivity contribution in [3.8, 4) is 5.75 Å². The van der Waals surface area contributed by atoms with Gasteiger partial charge in [0.25, 0.3) is 0 Å². The highest BCUT2D eigenvalue weighted by Crippen LogP contribution is 2.28. The first kappa shape index (κ1) is 14.5.